The van der Waals surface area contributed by atoms with Gasteiger partial charge in [-0.1, -0.05) is 74.7 Å². The lowest BCUT2D eigenvalue weighted by Crippen LogP contribution is -2.63. The number of urea groups is 1. The summed E-state index contributed by atoms with van der Waals surface area (Å²) in [7, 11) is 0. The van der Waals surface area contributed by atoms with Crippen LogP contribution in [0.15, 0.2) is 82.6 Å². The van der Waals surface area contributed by atoms with Crippen LogP contribution in [0.5, 0.6) is 0 Å². The number of carbonyl (C=O) groups excluding carboxylic acids is 4. The lowest BCUT2D eigenvalue weighted by Gasteiger charge is -2.26. The van der Waals surface area contributed by atoms with E-state index in [0.717, 1.165) is 59.0 Å². The Morgan fingerprint density at radius 2 is 1.52 bits per heavy atom. The molecule has 5 amide bonds. The summed E-state index contributed by atoms with van der Waals surface area (Å²) in [5.74, 6) is -5.28. The zero-order valence-electron chi connectivity index (χ0n) is 33.9. The topological polar surface area (TPSA) is 312 Å². The molecule has 5 rings (SSSR count). The molecule has 0 unspecified atom stereocenters. The molecule has 0 saturated carbocycles. The number of unbranched alkanes of at least 4 members (excludes halogenated alkanes) is 3. The Morgan fingerprint density at radius 1 is 0.857 bits per heavy atom. The molecule has 0 bridgehead atoms. The van der Waals surface area contributed by atoms with E-state index < -0.39 is 96.5 Å². The van der Waals surface area contributed by atoms with E-state index in [1.807, 2.05) is 29.2 Å². The first-order valence-electron chi connectivity index (χ1n) is 19.8. The van der Waals surface area contributed by atoms with Crippen molar-refractivity contribution in [2.24, 2.45) is 5.73 Å². The minimum absolute atomic E-state index is 0.0454. The van der Waals surface area contributed by atoms with Gasteiger partial charge in [0.2, 0.25) is 11.8 Å². The number of fused-ring (bicyclic) bond motifs is 1. The predicted molar refractivity (Wildman–Crippen MR) is 219 cm³/mol. The maximum atomic E-state index is 13.9. The number of H-pyrrole nitrogens is 2. The largest absolute Gasteiger partial charge is 0.490 e. The van der Waals surface area contributed by atoms with Crippen LogP contribution in [0.3, 0.4) is 0 Å². The van der Waals surface area contributed by atoms with E-state index in [9.17, 15) is 52.2 Å². The number of aliphatic hydroxyl groups excluding tert-OH is 2. The molecule has 342 valence electrons. The maximum absolute atomic E-state index is 13.9. The molecule has 1 saturated heterocycles. The number of carbonyl (C=O) groups is 5. The molecule has 1 aliphatic rings. The smallest absolute Gasteiger partial charge is 0.475 e. The molecular weight excluding hydrogens is 839 g/mol. The Bertz CT molecular complexity index is 2290. The number of carboxylic acids is 1. The summed E-state index contributed by atoms with van der Waals surface area (Å²) in [6.07, 6.45) is -6.02. The highest BCUT2D eigenvalue weighted by Crippen LogP contribution is 2.28. The summed E-state index contributed by atoms with van der Waals surface area (Å²) in [6, 6.07) is 14.4. The van der Waals surface area contributed by atoms with E-state index in [4.69, 9.17) is 20.4 Å². The molecular formula is C40H50F3N9O11. The summed E-state index contributed by atoms with van der Waals surface area (Å²) in [4.78, 5) is 92.0. The van der Waals surface area contributed by atoms with E-state index in [2.05, 4.69) is 38.5 Å². The number of amides is 5. The van der Waals surface area contributed by atoms with Gasteiger partial charge in [-0.25, -0.2) is 14.4 Å². The molecule has 20 nitrogen and oxygen atoms in total. The standard InChI is InChI=1S/C38H49N9O9.C2HF3O2/c1-2-3-4-10-16-40-37(54)43-27(18-22-11-6-5-7-12-22)34(52)46-32(45-33(51)25(39)19-23-20-41-26-14-9-8-13-24(23)26)35(53)42-21-28-30(49)31(50)36(56-28)47-17-15-29(48)44-38(47)55;3-2(4,5)1(6)7/h5-9,11-15,17,20,25,27-28,30-32,36,41,49-50H,2-4,10,16,18-19,21,39H2,1H3,(H,42,53)(H,45,51)(H,46,52)(H2,40,43,54)(H,44,48,55);(H,6,7)/t25-,27-,28+,30+,31+,32+,36+;/m0./s1. The quantitative estimate of drug-likeness (QED) is 0.0465. The van der Waals surface area contributed by atoms with E-state index >= 15 is 0 Å². The van der Waals surface area contributed by atoms with E-state index in [0.29, 0.717) is 12.1 Å². The lowest BCUT2D eigenvalue weighted by molar-refractivity contribution is -0.192. The van der Waals surface area contributed by atoms with Crippen molar-refractivity contribution in [1.29, 1.82) is 0 Å². The molecule has 3 heterocycles. The molecule has 2 aromatic carbocycles. The molecule has 7 atom stereocenters. The van der Waals surface area contributed by atoms with Gasteiger partial charge in [0.25, 0.3) is 11.5 Å². The van der Waals surface area contributed by atoms with Crippen molar-refractivity contribution in [3.8, 4) is 0 Å². The number of carboxylic acid groups (broad SMARTS) is 1. The highest BCUT2D eigenvalue weighted by atomic mass is 19.4. The molecule has 0 radical (unpaired) electrons. The minimum Gasteiger partial charge on any atom is -0.475 e. The minimum atomic E-state index is -5.08. The van der Waals surface area contributed by atoms with Crippen molar-refractivity contribution in [2.45, 2.75) is 94.4 Å². The van der Waals surface area contributed by atoms with E-state index in [1.165, 1.54) is 0 Å². The molecule has 12 N–H and O–H groups in total. The van der Waals surface area contributed by atoms with Gasteiger partial charge in [-0.3, -0.25) is 28.7 Å². The average Bonchev–Trinajstić information content (AvgIpc) is 3.77. The Balaban J connectivity index is 0.00000115. The Kier molecular flexibility index (Phi) is 18.0. The number of para-hydroxylation sites is 1. The van der Waals surface area contributed by atoms with Crippen LogP contribution < -0.4 is 43.6 Å². The lowest BCUT2D eigenvalue weighted by atomic mass is 10.0. The molecule has 0 aliphatic carbocycles. The van der Waals surface area contributed by atoms with Crippen molar-refractivity contribution in [3.63, 3.8) is 0 Å². The summed E-state index contributed by atoms with van der Waals surface area (Å²) in [6.45, 7) is 2.02. The molecule has 63 heavy (non-hydrogen) atoms. The van der Waals surface area contributed by atoms with Crippen molar-refractivity contribution in [1.82, 2.24) is 41.1 Å². The van der Waals surface area contributed by atoms with Crippen LogP contribution in [0.4, 0.5) is 18.0 Å². The van der Waals surface area contributed by atoms with Gasteiger partial charge in [0.05, 0.1) is 6.04 Å². The van der Waals surface area contributed by atoms with Crippen molar-refractivity contribution in [3.05, 3.63) is 105 Å². The number of aliphatic carboxylic acids is 1. The number of alkyl halides is 3. The fourth-order valence-electron chi connectivity index (χ4n) is 6.37. The number of ether oxygens (including phenoxy) is 1. The fourth-order valence-corrected chi connectivity index (χ4v) is 6.37. The van der Waals surface area contributed by atoms with Crippen LogP contribution in [-0.2, 0) is 36.8 Å². The number of nitrogens with zero attached hydrogens (tertiary/aromatic N) is 1. The normalized spacial score (nSPS) is 18.5. The fraction of sp³-hybridized carbons (Fsp3) is 0.425. The van der Waals surface area contributed by atoms with Crippen LogP contribution in [0.2, 0.25) is 0 Å². The number of halogens is 3. The third-order valence-corrected chi connectivity index (χ3v) is 9.69. The number of hydrogen-bond acceptors (Lipinski definition) is 11. The van der Waals surface area contributed by atoms with Gasteiger partial charge in [0.15, 0.2) is 12.4 Å². The van der Waals surface area contributed by atoms with Gasteiger partial charge < -0.3 is 57.4 Å². The number of aliphatic hydroxyl groups is 2. The van der Waals surface area contributed by atoms with Gasteiger partial charge in [-0.15, -0.1) is 0 Å². The number of benzene rings is 2. The zero-order chi connectivity index (χ0) is 46.3. The monoisotopic (exact) mass is 889 g/mol. The second kappa shape index (κ2) is 23.0. The maximum Gasteiger partial charge on any atom is 0.490 e. The Labute approximate surface area is 356 Å². The first-order valence-corrected chi connectivity index (χ1v) is 19.8. The van der Waals surface area contributed by atoms with E-state index in [-0.39, 0.29) is 12.8 Å². The molecule has 1 fully saturated rings. The summed E-state index contributed by atoms with van der Waals surface area (Å²) >= 11 is 0. The number of aromatic nitrogens is 3. The van der Waals surface area contributed by atoms with Crippen LogP contribution in [0, 0.1) is 0 Å². The predicted octanol–water partition coefficient (Wildman–Crippen LogP) is 0.00590. The number of nitrogens with two attached hydrogens (primary N) is 1. The van der Waals surface area contributed by atoms with E-state index in [1.54, 1.807) is 36.5 Å². The van der Waals surface area contributed by atoms with Gasteiger partial charge in [-0.2, -0.15) is 13.2 Å². The first kappa shape index (κ1) is 49.1. The summed E-state index contributed by atoms with van der Waals surface area (Å²) in [5.41, 5.74) is 7.05. The summed E-state index contributed by atoms with van der Waals surface area (Å²) in [5, 5.41) is 42.3. The number of aromatic amines is 2. The van der Waals surface area contributed by atoms with Crippen LogP contribution in [0.25, 0.3) is 10.9 Å². The van der Waals surface area contributed by atoms with Crippen molar-refractivity contribution in [2.75, 3.05) is 13.1 Å². The first-order chi connectivity index (χ1) is 29.9. The van der Waals surface area contributed by atoms with Gasteiger partial charge in [0.1, 0.15) is 24.4 Å². The molecule has 23 heteroatoms. The highest BCUT2D eigenvalue weighted by Gasteiger charge is 2.44. The van der Waals surface area contributed by atoms with Crippen LogP contribution in [-0.4, -0.2) is 115 Å². The second-order valence-electron chi connectivity index (χ2n) is 14.4. The van der Waals surface area contributed by atoms with Crippen molar-refractivity contribution < 1.29 is 57.2 Å². The average molecular weight is 890 g/mol. The SMILES string of the molecule is CCCCCCNC(=O)N[C@@H](Cc1ccccc1)C(=O)N[C@@H](NC(=O)[C@@H](N)Cc1c[nH]c2ccccc12)C(=O)NC[C@H]1O[C@@H](n2ccc(=O)[nH]c2=O)[C@H](O)[C@@H]1O.O=C(O)C(F)(F)F. The van der Waals surface area contributed by atoms with Crippen LogP contribution >= 0.6 is 0 Å². The van der Waals surface area contributed by atoms with Crippen LogP contribution in [0.1, 0.15) is 50.0 Å². The van der Waals surface area contributed by atoms with Gasteiger partial charge in [-0.05, 0) is 30.0 Å². The third kappa shape index (κ3) is 14.5. The number of nitrogens with one attached hydrogen (secondary N) is 7. The highest BCUT2D eigenvalue weighted by molar-refractivity contribution is 5.95. The molecule has 2 aromatic heterocycles. The van der Waals surface area contributed by atoms with Gasteiger partial charge >= 0.3 is 23.9 Å². The second-order valence-corrected chi connectivity index (χ2v) is 14.4. The summed E-state index contributed by atoms with van der Waals surface area (Å²) < 4.78 is 38.3. The molecule has 1 aliphatic heterocycles. The van der Waals surface area contributed by atoms with Crippen molar-refractivity contribution >= 4 is 40.6 Å². The molecule has 4 aromatic rings. The molecule has 0 spiro atoms. The number of hydrogen-bond donors (Lipinski definition) is 11. The third-order valence-electron chi connectivity index (χ3n) is 9.69. The Morgan fingerprint density at radius 3 is 2.19 bits per heavy atom. The zero-order valence-corrected chi connectivity index (χ0v) is 33.9. The number of rotatable bonds is 18. The van der Waals surface area contributed by atoms with Gasteiger partial charge in [0, 0.05) is 48.9 Å². The Hall–Kier alpha value is -6.56.